The number of pyridine rings is 1. The summed E-state index contributed by atoms with van der Waals surface area (Å²) in [5, 5.41) is 3.08. The Hall–Kier alpha value is -2.15. The molecule has 1 aromatic heterocycles. The lowest BCUT2D eigenvalue weighted by molar-refractivity contribution is -0.127. The van der Waals surface area contributed by atoms with E-state index in [0.717, 1.165) is 83.4 Å². The number of aromatic nitrogens is 1. The lowest BCUT2D eigenvalue weighted by Crippen LogP contribution is -2.53. The van der Waals surface area contributed by atoms with Crippen molar-refractivity contribution in [3.8, 4) is 0 Å². The van der Waals surface area contributed by atoms with Crippen LogP contribution < -0.4 is 5.32 Å². The van der Waals surface area contributed by atoms with Crippen LogP contribution >= 0.6 is 0 Å². The van der Waals surface area contributed by atoms with Crippen LogP contribution in [0.5, 0.6) is 0 Å². The predicted octanol–water partition coefficient (Wildman–Crippen LogP) is 2.09. The van der Waals surface area contributed by atoms with Crippen molar-refractivity contribution in [3.05, 3.63) is 30.1 Å². The van der Waals surface area contributed by atoms with Crippen molar-refractivity contribution in [2.75, 3.05) is 39.3 Å². The van der Waals surface area contributed by atoms with Gasteiger partial charge in [-0.1, -0.05) is 6.07 Å². The molecule has 7 heteroatoms. The summed E-state index contributed by atoms with van der Waals surface area (Å²) in [6, 6.07) is 4.60. The lowest BCUT2D eigenvalue weighted by atomic mass is 9.93. The van der Waals surface area contributed by atoms with Crippen LogP contribution in [-0.4, -0.2) is 76.9 Å². The normalized spacial score (nSPS) is 23.9. The molecule has 3 amide bonds. The molecule has 0 bridgehead atoms. The van der Waals surface area contributed by atoms with Gasteiger partial charge in [0.1, 0.15) is 0 Å². The van der Waals surface area contributed by atoms with Gasteiger partial charge in [-0.25, -0.2) is 4.79 Å². The fourth-order valence-corrected chi connectivity index (χ4v) is 4.92. The van der Waals surface area contributed by atoms with Gasteiger partial charge in [-0.2, -0.15) is 0 Å². The van der Waals surface area contributed by atoms with Crippen molar-refractivity contribution in [2.45, 2.75) is 51.1 Å². The van der Waals surface area contributed by atoms with Crippen LogP contribution in [0.3, 0.4) is 0 Å². The first-order chi connectivity index (χ1) is 14.2. The maximum absolute atomic E-state index is 12.7. The zero-order valence-corrected chi connectivity index (χ0v) is 17.3. The Morgan fingerprint density at radius 3 is 2.48 bits per heavy atom. The Morgan fingerprint density at radius 2 is 1.76 bits per heavy atom. The van der Waals surface area contributed by atoms with Gasteiger partial charge in [0, 0.05) is 57.7 Å². The number of likely N-dealkylation sites (tertiary alicyclic amines) is 3. The number of nitrogens with zero attached hydrogens (tertiary/aromatic N) is 4. The minimum Gasteiger partial charge on any atom is -0.352 e. The second-order valence-corrected chi connectivity index (χ2v) is 8.61. The zero-order chi connectivity index (χ0) is 20.1. The van der Waals surface area contributed by atoms with Crippen molar-refractivity contribution >= 4 is 11.9 Å². The molecule has 0 radical (unpaired) electrons. The number of urea groups is 1. The minimum atomic E-state index is 0.0599. The van der Waals surface area contributed by atoms with Crippen LogP contribution in [0.2, 0.25) is 0 Å². The molecule has 3 saturated heterocycles. The molecule has 1 N–H and O–H groups in total. The predicted molar refractivity (Wildman–Crippen MR) is 111 cm³/mol. The van der Waals surface area contributed by atoms with Crippen molar-refractivity contribution in [3.63, 3.8) is 0 Å². The summed E-state index contributed by atoms with van der Waals surface area (Å²) in [5.74, 6) is 0.213. The van der Waals surface area contributed by atoms with Crippen molar-refractivity contribution < 1.29 is 9.59 Å². The summed E-state index contributed by atoms with van der Waals surface area (Å²) in [4.78, 5) is 35.9. The fourth-order valence-electron chi connectivity index (χ4n) is 4.92. The largest absolute Gasteiger partial charge is 0.352 e. The summed E-state index contributed by atoms with van der Waals surface area (Å²) in [7, 11) is 0. The van der Waals surface area contributed by atoms with Gasteiger partial charge in [-0.15, -0.1) is 0 Å². The van der Waals surface area contributed by atoms with E-state index < -0.39 is 0 Å². The van der Waals surface area contributed by atoms with E-state index in [1.54, 1.807) is 12.4 Å². The summed E-state index contributed by atoms with van der Waals surface area (Å²) in [6.07, 6.45) is 9.88. The first kappa shape index (κ1) is 20.1. The summed E-state index contributed by atoms with van der Waals surface area (Å²) in [5.41, 5.74) is 1.03. The molecule has 3 aliphatic heterocycles. The Kier molecular flexibility index (Phi) is 6.64. The van der Waals surface area contributed by atoms with Crippen molar-refractivity contribution in [2.24, 2.45) is 5.92 Å². The number of carbonyl (C=O) groups is 2. The third-order valence-corrected chi connectivity index (χ3v) is 6.64. The molecule has 3 aliphatic rings. The van der Waals surface area contributed by atoms with E-state index in [4.69, 9.17) is 0 Å². The van der Waals surface area contributed by atoms with Crippen LogP contribution in [0.15, 0.2) is 24.5 Å². The summed E-state index contributed by atoms with van der Waals surface area (Å²) < 4.78 is 0. The van der Waals surface area contributed by atoms with E-state index in [1.165, 1.54) is 0 Å². The van der Waals surface area contributed by atoms with E-state index in [2.05, 4.69) is 15.2 Å². The Balaban J connectivity index is 1.23. The maximum atomic E-state index is 12.7. The molecule has 1 aromatic rings. The van der Waals surface area contributed by atoms with Crippen LogP contribution in [0.1, 0.15) is 44.1 Å². The van der Waals surface area contributed by atoms with E-state index in [-0.39, 0.29) is 17.9 Å². The quantitative estimate of drug-likeness (QED) is 0.842. The third kappa shape index (κ3) is 5.07. The molecular weight excluding hydrogens is 366 g/mol. The molecule has 0 aliphatic carbocycles. The second-order valence-electron chi connectivity index (χ2n) is 8.61. The number of rotatable bonds is 4. The fraction of sp³-hybridized carbons (Fsp3) is 0.682. The highest BCUT2D eigenvalue weighted by molar-refractivity contribution is 5.79. The third-order valence-electron chi connectivity index (χ3n) is 6.64. The van der Waals surface area contributed by atoms with E-state index in [0.29, 0.717) is 12.6 Å². The smallest absolute Gasteiger partial charge is 0.319 e. The molecule has 0 unspecified atom stereocenters. The number of hydrogen-bond donors (Lipinski definition) is 1. The monoisotopic (exact) mass is 399 g/mol. The van der Waals surface area contributed by atoms with Crippen LogP contribution in [-0.2, 0) is 11.3 Å². The van der Waals surface area contributed by atoms with Gasteiger partial charge in [0.25, 0.3) is 0 Å². The van der Waals surface area contributed by atoms with Gasteiger partial charge < -0.3 is 15.1 Å². The summed E-state index contributed by atoms with van der Waals surface area (Å²) >= 11 is 0. The van der Waals surface area contributed by atoms with Gasteiger partial charge in [-0.3, -0.25) is 14.7 Å². The second kappa shape index (κ2) is 9.57. The molecule has 3 fully saturated rings. The van der Waals surface area contributed by atoms with Gasteiger partial charge in [0.05, 0.1) is 5.92 Å². The highest BCUT2D eigenvalue weighted by Gasteiger charge is 2.33. The van der Waals surface area contributed by atoms with Gasteiger partial charge in [0.15, 0.2) is 0 Å². The topological polar surface area (TPSA) is 68.8 Å². The Morgan fingerprint density at radius 1 is 1.00 bits per heavy atom. The van der Waals surface area contributed by atoms with E-state index >= 15 is 0 Å². The van der Waals surface area contributed by atoms with Gasteiger partial charge in [0.2, 0.25) is 5.91 Å². The maximum Gasteiger partial charge on any atom is 0.319 e. The number of carbonyl (C=O) groups excluding carboxylic acids is 2. The molecule has 29 heavy (non-hydrogen) atoms. The molecule has 1 atom stereocenters. The van der Waals surface area contributed by atoms with Gasteiger partial charge in [-0.05, 0) is 56.7 Å². The van der Waals surface area contributed by atoms with E-state index in [1.807, 2.05) is 21.9 Å². The first-order valence-electron chi connectivity index (χ1n) is 11.2. The average Bonchev–Trinajstić information content (AvgIpc) is 3.33. The standard InChI is InChI=1S/C22H33N5O2/c28-21(24-16-18-5-3-9-23-15-18)19-6-4-12-27(17-19)20-7-13-26(14-8-20)22(29)25-10-1-2-11-25/h3,5,9,15,19-20H,1-2,4,6-8,10-14,16-17H2,(H,24,28)/t19-/m1/s1. The molecule has 7 nitrogen and oxygen atoms in total. The van der Waals surface area contributed by atoms with Crippen molar-refractivity contribution in [1.29, 1.82) is 0 Å². The molecule has 4 rings (SSSR count). The summed E-state index contributed by atoms with van der Waals surface area (Å²) in [6.45, 7) is 5.96. The van der Waals surface area contributed by atoms with Crippen molar-refractivity contribution in [1.82, 2.24) is 25.0 Å². The SMILES string of the molecule is O=C(NCc1cccnc1)[C@@H]1CCCN(C2CCN(C(=O)N3CCCC3)CC2)C1. The first-order valence-corrected chi connectivity index (χ1v) is 11.2. The van der Waals surface area contributed by atoms with Gasteiger partial charge >= 0.3 is 6.03 Å². The molecule has 0 spiro atoms. The number of hydrogen-bond acceptors (Lipinski definition) is 4. The molecule has 158 valence electrons. The molecule has 0 aromatic carbocycles. The lowest BCUT2D eigenvalue weighted by Gasteiger charge is -2.42. The Labute approximate surface area is 173 Å². The number of amides is 3. The van der Waals surface area contributed by atoms with Crippen LogP contribution in [0.25, 0.3) is 0 Å². The molecule has 0 saturated carbocycles. The molecular formula is C22H33N5O2. The van der Waals surface area contributed by atoms with Crippen LogP contribution in [0.4, 0.5) is 4.79 Å². The zero-order valence-electron chi connectivity index (χ0n) is 17.3. The average molecular weight is 400 g/mol. The Bertz CT molecular complexity index is 684. The van der Waals surface area contributed by atoms with Crippen LogP contribution in [0, 0.1) is 5.92 Å². The highest BCUT2D eigenvalue weighted by atomic mass is 16.2. The van der Waals surface area contributed by atoms with E-state index in [9.17, 15) is 9.59 Å². The minimum absolute atomic E-state index is 0.0599. The highest BCUT2D eigenvalue weighted by Crippen LogP contribution is 2.25. The number of nitrogens with one attached hydrogen (secondary N) is 1. The number of piperidine rings is 2. The molecule has 4 heterocycles.